The summed E-state index contributed by atoms with van der Waals surface area (Å²) >= 11 is 1.84. The predicted molar refractivity (Wildman–Crippen MR) is 244 cm³/mol. The molecule has 11 aromatic rings. The molecule has 0 amide bonds. The first-order chi connectivity index (χ1) is 29.2. The number of aromatic nitrogens is 5. The van der Waals surface area contributed by atoms with E-state index in [2.05, 4.69) is 121 Å². The van der Waals surface area contributed by atoms with Gasteiger partial charge in [0.2, 0.25) is 0 Å². The number of rotatable bonds is 7. The second-order valence-electron chi connectivity index (χ2n) is 14.5. The highest BCUT2D eigenvalue weighted by Crippen LogP contribution is 2.40. The van der Waals surface area contributed by atoms with Crippen molar-refractivity contribution in [2.45, 2.75) is 0 Å². The SMILES string of the molecule is c1ccc(-c2nc(-c3cccc(-c4cccc(-c5nc(-c6ccccc6)nc(-c6ccccc6)n5)c4)c3)cc(-c3ccc4ccc5sc6ccccc6c5c4c3)n2)cc1. The maximum atomic E-state index is 5.19. The fourth-order valence-electron chi connectivity index (χ4n) is 7.80. The zero-order valence-electron chi connectivity index (χ0n) is 31.7. The summed E-state index contributed by atoms with van der Waals surface area (Å²) in [5.41, 5.74) is 9.63. The first-order valence-electron chi connectivity index (χ1n) is 19.6. The summed E-state index contributed by atoms with van der Waals surface area (Å²) in [7, 11) is 0. The molecule has 11 rings (SSSR count). The fraction of sp³-hybridized carbons (Fsp3) is 0. The number of benzene rings is 8. The van der Waals surface area contributed by atoms with Crippen molar-refractivity contribution in [3.63, 3.8) is 0 Å². The van der Waals surface area contributed by atoms with Crippen LogP contribution in [0.4, 0.5) is 0 Å². The van der Waals surface area contributed by atoms with Gasteiger partial charge in [-0.2, -0.15) is 0 Å². The molecule has 0 spiro atoms. The maximum absolute atomic E-state index is 5.19. The largest absolute Gasteiger partial charge is 0.228 e. The van der Waals surface area contributed by atoms with E-state index in [1.165, 1.54) is 30.9 Å². The smallest absolute Gasteiger partial charge is 0.164 e. The number of hydrogen-bond donors (Lipinski definition) is 0. The minimum atomic E-state index is 0.617. The second-order valence-corrected chi connectivity index (χ2v) is 15.6. The van der Waals surface area contributed by atoms with Crippen LogP contribution in [0.15, 0.2) is 200 Å². The number of nitrogens with zero attached hydrogens (tertiary/aromatic N) is 5. The Hall–Kier alpha value is -7.67. The maximum Gasteiger partial charge on any atom is 0.164 e. The van der Waals surface area contributed by atoms with Crippen molar-refractivity contribution in [3.05, 3.63) is 200 Å². The van der Waals surface area contributed by atoms with Crippen LogP contribution in [0.1, 0.15) is 0 Å². The Morgan fingerprint density at radius 2 is 0.729 bits per heavy atom. The highest BCUT2D eigenvalue weighted by atomic mass is 32.1. The molecule has 3 aromatic heterocycles. The highest BCUT2D eigenvalue weighted by molar-refractivity contribution is 7.26. The van der Waals surface area contributed by atoms with Gasteiger partial charge in [-0.25, -0.2) is 24.9 Å². The van der Waals surface area contributed by atoms with Crippen LogP contribution >= 0.6 is 11.3 Å². The summed E-state index contributed by atoms with van der Waals surface area (Å²) in [5, 5.41) is 5.02. The molecule has 59 heavy (non-hydrogen) atoms. The average molecular weight is 772 g/mol. The van der Waals surface area contributed by atoms with Gasteiger partial charge in [0.05, 0.1) is 11.4 Å². The van der Waals surface area contributed by atoms with Crippen LogP contribution in [0, 0.1) is 0 Å². The third-order valence-corrected chi connectivity index (χ3v) is 11.9. The molecule has 6 heteroatoms. The van der Waals surface area contributed by atoms with Crippen LogP contribution in [0.5, 0.6) is 0 Å². The minimum Gasteiger partial charge on any atom is -0.228 e. The monoisotopic (exact) mass is 771 g/mol. The van der Waals surface area contributed by atoms with Crippen LogP contribution in [0.25, 0.3) is 110 Å². The van der Waals surface area contributed by atoms with Gasteiger partial charge in [0.15, 0.2) is 23.3 Å². The van der Waals surface area contributed by atoms with E-state index in [4.69, 9.17) is 24.9 Å². The molecule has 0 atom stereocenters. The number of hydrogen-bond acceptors (Lipinski definition) is 6. The summed E-state index contributed by atoms with van der Waals surface area (Å²) in [6.07, 6.45) is 0. The standard InChI is InChI=1S/C53H33N5S/c1-4-14-35(15-5-1)50-54-45(33-46(55-50)41-27-26-34-28-29-48-49(44(34)32-41)43-24-10-11-25-47(43)59-48)40-22-12-20-38(30-40)39-21-13-23-42(31-39)53-57-51(36-16-6-2-7-17-36)56-52(58-53)37-18-8-3-9-19-37/h1-33H. The van der Waals surface area contributed by atoms with E-state index in [1.54, 1.807) is 0 Å². The molecule has 0 radical (unpaired) electrons. The van der Waals surface area contributed by atoms with Crippen molar-refractivity contribution in [1.82, 2.24) is 24.9 Å². The normalized spacial score (nSPS) is 11.4. The van der Waals surface area contributed by atoms with Crippen LogP contribution < -0.4 is 0 Å². The van der Waals surface area contributed by atoms with Gasteiger partial charge < -0.3 is 0 Å². The Balaban J connectivity index is 1.02. The number of fused-ring (bicyclic) bond motifs is 5. The molecule has 0 aliphatic rings. The summed E-state index contributed by atoms with van der Waals surface area (Å²) < 4.78 is 2.58. The van der Waals surface area contributed by atoms with Gasteiger partial charge in [0.1, 0.15) is 0 Å². The molecule has 8 aromatic carbocycles. The van der Waals surface area contributed by atoms with E-state index in [0.717, 1.165) is 55.9 Å². The lowest BCUT2D eigenvalue weighted by Gasteiger charge is -2.12. The van der Waals surface area contributed by atoms with Gasteiger partial charge in [-0.05, 0) is 58.3 Å². The van der Waals surface area contributed by atoms with Crippen LogP contribution in [0.3, 0.4) is 0 Å². The average Bonchev–Trinajstić information content (AvgIpc) is 3.71. The van der Waals surface area contributed by atoms with Gasteiger partial charge in [-0.3, -0.25) is 0 Å². The lowest BCUT2D eigenvalue weighted by Crippen LogP contribution is -2.00. The Kier molecular flexibility index (Phi) is 8.60. The third-order valence-electron chi connectivity index (χ3n) is 10.7. The molecule has 0 fully saturated rings. The summed E-state index contributed by atoms with van der Waals surface area (Å²) in [6.45, 7) is 0. The topological polar surface area (TPSA) is 64.5 Å². The van der Waals surface area contributed by atoms with Crippen molar-refractivity contribution in [3.8, 4) is 79.2 Å². The minimum absolute atomic E-state index is 0.617. The van der Waals surface area contributed by atoms with Crippen LogP contribution in [0.2, 0.25) is 0 Å². The molecule has 3 heterocycles. The predicted octanol–water partition coefficient (Wildman–Crippen LogP) is 13.9. The molecule has 0 bridgehead atoms. The molecule has 276 valence electrons. The zero-order valence-corrected chi connectivity index (χ0v) is 32.5. The van der Waals surface area contributed by atoms with Gasteiger partial charge in [0, 0.05) is 53.6 Å². The Morgan fingerprint density at radius 1 is 0.271 bits per heavy atom. The van der Waals surface area contributed by atoms with Crippen molar-refractivity contribution in [2.24, 2.45) is 0 Å². The second kappa shape index (κ2) is 14.7. The quantitative estimate of drug-likeness (QED) is 0.161. The van der Waals surface area contributed by atoms with Crippen molar-refractivity contribution < 1.29 is 0 Å². The van der Waals surface area contributed by atoms with Crippen molar-refractivity contribution in [2.75, 3.05) is 0 Å². The Morgan fingerprint density at radius 3 is 1.36 bits per heavy atom. The number of thiophene rings is 1. The van der Waals surface area contributed by atoms with E-state index in [9.17, 15) is 0 Å². The lowest BCUT2D eigenvalue weighted by molar-refractivity contribution is 1.07. The molecule has 5 nitrogen and oxygen atoms in total. The molecule has 0 saturated heterocycles. The highest BCUT2D eigenvalue weighted by Gasteiger charge is 2.16. The summed E-state index contributed by atoms with van der Waals surface area (Å²) in [5.74, 6) is 2.57. The van der Waals surface area contributed by atoms with E-state index < -0.39 is 0 Å². The molecule has 0 unspecified atom stereocenters. The van der Waals surface area contributed by atoms with E-state index in [-0.39, 0.29) is 0 Å². The Bertz CT molecular complexity index is 3270. The fourth-order valence-corrected chi connectivity index (χ4v) is 8.92. The van der Waals surface area contributed by atoms with E-state index >= 15 is 0 Å². The van der Waals surface area contributed by atoms with Gasteiger partial charge in [-0.15, -0.1) is 11.3 Å². The molecule has 0 aliphatic heterocycles. The summed E-state index contributed by atoms with van der Waals surface area (Å²) in [6, 6.07) is 69.3. The first-order valence-corrected chi connectivity index (χ1v) is 20.4. The van der Waals surface area contributed by atoms with E-state index in [0.29, 0.717) is 23.3 Å². The summed E-state index contributed by atoms with van der Waals surface area (Å²) in [4.78, 5) is 25.2. The molecular weight excluding hydrogens is 739 g/mol. The van der Waals surface area contributed by atoms with Gasteiger partial charge in [0.25, 0.3) is 0 Å². The van der Waals surface area contributed by atoms with Gasteiger partial charge in [-0.1, -0.05) is 164 Å². The first kappa shape index (κ1) is 34.6. The van der Waals surface area contributed by atoms with Gasteiger partial charge >= 0.3 is 0 Å². The van der Waals surface area contributed by atoms with Crippen LogP contribution in [-0.4, -0.2) is 24.9 Å². The van der Waals surface area contributed by atoms with Crippen LogP contribution in [-0.2, 0) is 0 Å². The van der Waals surface area contributed by atoms with E-state index in [1.807, 2.05) is 90.2 Å². The van der Waals surface area contributed by atoms with Crippen molar-refractivity contribution in [1.29, 1.82) is 0 Å². The third kappa shape index (κ3) is 6.61. The van der Waals surface area contributed by atoms with Crippen molar-refractivity contribution >= 4 is 42.3 Å². The lowest BCUT2D eigenvalue weighted by atomic mass is 9.98. The molecule has 0 saturated carbocycles. The zero-order chi connectivity index (χ0) is 39.1. The molecule has 0 N–H and O–H groups in total. The molecule has 0 aliphatic carbocycles. The Labute approximate surface area is 345 Å². The molecular formula is C53H33N5S.